The summed E-state index contributed by atoms with van der Waals surface area (Å²) in [5.74, 6) is 1.59. The van der Waals surface area contributed by atoms with Crippen molar-refractivity contribution in [3.05, 3.63) is 114 Å². The summed E-state index contributed by atoms with van der Waals surface area (Å²) < 4.78 is 13.2. The molecule has 35 heavy (non-hydrogen) atoms. The zero-order valence-electron chi connectivity index (χ0n) is 20.0. The molecule has 0 saturated heterocycles. The molecule has 1 aliphatic rings. The van der Waals surface area contributed by atoms with E-state index in [1.807, 2.05) is 78.6 Å². The Bertz CT molecular complexity index is 1310. The maximum Gasteiger partial charge on any atom is 0.318 e. The number of rotatable bonds is 6. The lowest BCUT2D eigenvalue weighted by Crippen LogP contribution is -2.41. The van der Waals surface area contributed by atoms with Gasteiger partial charge in [-0.15, -0.1) is 0 Å². The van der Waals surface area contributed by atoms with Crippen molar-refractivity contribution >= 4 is 6.03 Å². The number of nitrogens with one attached hydrogen (secondary N) is 1. The zero-order chi connectivity index (χ0) is 24.2. The van der Waals surface area contributed by atoms with Crippen LogP contribution in [0, 0.1) is 0 Å². The number of para-hydroxylation sites is 1. The molecule has 0 aliphatic carbocycles. The number of amides is 2. The molecule has 1 aromatic heterocycles. The fourth-order valence-corrected chi connectivity index (χ4v) is 4.66. The minimum absolute atomic E-state index is 0.129. The van der Waals surface area contributed by atoms with Gasteiger partial charge >= 0.3 is 6.03 Å². The SMILES string of the molecule is CCOc1ccc(C2c3cccn3-c3ccccc3CN2C(=O)NCc2cccc(OC)c2)cc1. The van der Waals surface area contributed by atoms with Crippen LogP contribution >= 0.6 is 0 Å². The topological polar surface area (TPSA) is 55.7 Å². The highest BCUT2D eigenvalue weighted by molar-refractivity contribution is 5.76. The second kappa shape index (κ2) is 9.97. The highest BCUT2D eigenvalue weighted by atomic mass is 16.5. The molecule has 0 bridgehead atoms. The highest BCUT2D eigenvalue weighted by Gasteiger charge is 2.32. The molecule has 6 heteroatoms. The third kappa shape index (κ3) is 4.60. The smallest absolute Gasteiger partial charge is 0.318 e. The first-order chi connectivity index (χ1) is 17.2. The molecule has 2 heterocycles. The Labute approximate surface area is 205 Å². The Morgan fingerprint density at radius 2 is 1.80 bits per heavy atom. The van der Waals surface area contributed by atoms with Gasteiger partial charge in [0.15, 0.2) is 0 Å². The standard InChI is InChI=1S/C29H29N3O3/c1-3-35-24-15-13-22(14-16-24)28-27-12-7-17-31(27)26-11-5-4-9-23(26)20-32(28)29(33)30-19-21-8-6-10-25(18-21)34-2/h4-18,28H,3,19-20H2,1-2H3,(H,30,33). The van der Waals surface area contributed by atoms with Gasteiger partial charge in [-0.05, 0) is 66.1 Å². The summed E-state index contributed by atoms with van der Waals surface area (Å²) in [7, 11) is 1.64. The van der Waals surface area contributed by atoms with Crippen LogP contribution in [0.1, 0.15) is 35.3 Å². The maximum absolute atomic E-state index is 13.7. The van der Waals surface area contributed by atoms with Crippen molar-refractivity contribution in [3.8, 4) is 17.2 Å². The van der Waals surface area contributed by atoms with Crippen molar-refractivity contribution in [2.75, 3.05) is 13.7 Å². The predicted octanol–water partition coefficient (Wildman–Crippen LogP) is 5.70. The molecule has 0 fully saturated rings. The van der Waals surface area contributed by atoms with E-state index in [-0.39, 0.29) is 12.1 Å². The van der Waals surface area contributed by atoms with E-state index in [1.165, 1.54) is 0 Å². The molecule has 2 amide bonds. The van der Waals surface area contributed by atoms with Crippen LogP contribution in [0.3, 0.4) is 0 Å². The minimum Gasteiger partial charge on any atom is -0.497 e. The number of urea groups is 1. The molecule has 0 saturated carbocycles. The molecule has 3 aromatic carbocycles. The molecule has 6 nitrogen and oxygen atoms in total. The third-order valence-electron chi connectivity index (χ3n) is 6.31. The van der Waals surface area contributed by atoms with Gasteiger partial charge in [-0.1, -0.05) is 42.5 Å². The van der Waals surface area contributed by atoms with Gasteiger partial charge in [-0.3, -0.25) is 0 Å². The summed E-state index contributed by atoms with van der Waals surface area (Å²) in [5.41, 5.74) is 5.23. The number of carbonyl (C=O) groups excluding carboxylic acids is 1. The fourth-order valence-electron chi connectivity index (χ4n) is 4.66. The average molecular weight is 468 g/mol. The maximum atomic E-state index is 13.7. The number of benzene rings is 3. The Hall–Kier alpha value is -4.19. The van der Waals surface area contributed by atoms with Gasteiger partial charge in [0.05, 0.1) is 32.0 Å². The first-order valence-corrected chi connectivity index (χ1v) is 11.8. The Morgan fingerprint density at radius 3 is 2.60 bits per heavy atom. The van der Waals surface area contributed by atoms with Crippen LogP contribution in [0.15, 0.2) is 91.1 Å². The van der Waals surface area contributed by atoms with Crippen LogP contribution in [-0.2, 0) is 13.1 Å². The molecule has 4 aromatic rings. The minimum atomic E-state index is -0.265. The molecule has 1 aliphatic heterocycles. The van der Waals surface area contributed by atoms with Crippen LogP contribution in [0.5, 0.6) is 11.5 Å². The Kier molecular flexibility index (Phi) is 6.44. The van der Waals surface area contributed by atoms with E-state index in [9.17, 15) is 4.79 Å². The zero-order valence-corrected chi connectivity index (χ0v) is 20.0. The van der Waals surface area contributed by atoms with Crippen LogP contribution in [-0.4, -0.2) is 29.2 Å². The number of hydrogen-bond acceptors (Lipinski definition) is 3. The van der Waals surface area contributed by atoms with Crippen molar-refractivity contribution in [2.45, 2.75) is 26.1 Å². The van der Waals surface area contributed by atoms with E-state index in [1.54, 1.807) is 7.11 Å². The second-order valence-electron chi connectivity index (χ2n) is 8.47. The number of fused-ring (bicyclic) bond motifs is 3. The summed E-state index contributed by atoms with van der Waals surface area (Å²) in [4.78, 5) is 15.6. The number of methoxy groups -OCH3 is 1. The van der Waals surface area contributed by atoms with Crippen LogP contribution in [0.25, 0.3) is 5.69 Å². The van der Waals surface area contributed by atoms with Crippen molar-refractivity contribution < 1.29 is 14.3 Å². The number of nitrogens with zero attached hydrogens (tertiary/aromatic N) is 2. The predicted molar refractivity (Wildman–Crippen MR) is 136 cm³/mol. The van der Waals surface area contributed by atoms with Gasteiger partial charge in [-0.25, -0.2) is 4.79 Å². The van der Waals surface area contributed by atoms with Crippen molar-refractivity contribution in [1.29, 1.82) is 0 Å². The Morgan fingerprint density at radius 1 is 0.971 bits per heavy atom. The summed E-state index contributed by atoms with van der Waals surface area (Å²) in [6.45, 7) is 3.47. The lowest BCUT2D eigenvalue weighted by Gasteiger charge is -2.31. The molecular weight excluding hydrogens is 438 g/mol. The van der Waals surface area contributed by atoms with Gasteiger partial charge in [-0.2, -0.15) is 0 Å². The normalized spacial score (nSPS) is 14.5. The van der Waals surface area contributed by atoms with Crippen molar-refractivity contribution in [2.24, 2.45) is 0 Å². The number of ether oxygens (including phenoxy) is 2. The second-order valence-corrected chi connectivity index (χ2v) is 8.47. The highest BCUT2D eigenvalue weighted by Crippen LogP contribution is 2.37. The number of carbonyl (C=O) groups is 1. The molecular formula is C29H29N3O3. The first-order valence-electron chi connectivity index (χ1n) is 11.8. The quantitative estimate of drug-likeness (QED) is 0.396. The lowest BCUT2D eigenvalue weighted by atomic mass is 10.0. The van der Waals surface area contributed by atoms with Crippen molar-refractivity contribution in [1.82, 2.24) is 14.8 Å². The largest absolute Gasteiger partial charge is 0.497 e. The van der Waals surface area contributed by atoms with Gasteiger partial charge in [0.1, 0.15) is 11.5 Å². The summed E-state index contributed by atoms with van der Waals surface area (Å²) in [6.07, 6.45) is 2.06. The summed E-state index contributed by atoms with van der Waals surface area (Å²) in [6, 6.07) is 27.7. The fraction of sp³-hybridized carbons (Fsp3) is 0.207. The average Bonchev–Trinajstić information content (AvgIpc) is 3.32. The van der Waals surface area contributed by atoms with Crippen LogP contribution in [0.4, 0.5) is 4.79 Å². The van der Waals surface area contributed by atoms with Gasteiger partial charge in [0.2, 0.25) is 0 Å². The molecule has 5 rings (SSSR count). The first kappa shape index (κ1) is 22.6. The van der Waals surface area contributed by atoms with E-state index >= 15 is 0 Å². The molecule has 0 radical (unpaired) electrons. The Balaban J connectivity index is 1.51. The summed E-state index contributed by atoms with van der Waals surface area (Å²) >= 11 is 0. The molecule has 1 atom stereocenters. The molecule has 0 spiro atoms. The third-order valence-corrected chi connectivity index (χ3v) is 6.31. The van der Waals surface area contributed by atoms with E-state index < -0.39 is 0 Å². The van der Waals surface area contributed by atoms with Crippen molar-refractivity contribution in [3.63, 3.8) is 0 Å². The lowest BCUT2D eigenvalue weighted by molar-refractivity contribution is 0.180. The van der Waals surface area contributed by atoms with Gasteiger partial charge in [0.25, 0.3) is 0 Å². The van der Waals surface area contributed by atoms with E-state index in [4.69, 9.17) is 9.47 Å². The molecule has 178 valence electrons. The van der Waals surface area contributed by atoms with E-state index in [0.717, 1.165) is 39.6 Å². The molecule has 1 unspecified atom stereocenters. The van der Waals surface area contributed by atoms with E-state index in [2.05, 4.69) is 34.3 Å². The summed E-state index contributed by atoms with van der Waals surface area (Å²) in [5, 5.41) is 3.13. The van der Waals surface area contributed by atoms with Crippen LogP contribution in [0.2, 0.25) is 0 Å². The van der Waals surface area contributed by atoms with E-state index in [0.29, 0.717) is 19.7 Å². The van der Waals surface area contributed by atoms with Gasteiger partial charge < -0.3 is 24.3 Å². The number of aromatic nitrogens is 1. The number of hydrogen-bond donors (Lipinski definition) is 1. The van der Waals surface area contributed by atoms with Crippen LogP contribution < -0.4 is 14.8 Å². The van der Waals surface area contributed by atoms with Gasteiger partial charge in [0, 0.05) is 18.4 Å². The molecule has 1 N–H and O–H groups in total. The monoisotopic (exact) mass is 467 g/mol.